The molecule has 0 rings (SSSR count). The standard InChI is InChI=1S/C4Br2F6I2/c5-1(7,3(6,9)10)2(8,13)4(11,12)14. The lowest BCUT2D eigenvalue weighted by Gasteiger charge is -2.35. The Hall–Kier alpha value is 2.00. The van der Waals surface area contributed by atoms with E-state index in [2.05, 4.69) is 0 Å². The SMILES string of the molecule is FC(F)(Br)C(F)(Br)C(F)(I)C(F)(F)I. The summed E-state index contributed by atoms with van der Waals surface area (Å²) in [6.07, 6.45) is 0. The lowest BCUT2D eigenvalue weighted by molar-refractivity contribution is -0.102. The summed E-state index contributed by atoms with van der Waals surface area (Å²) in [5.74, 6) is 0. The molecule has 0 saturated carbocycles. The predicted octanol–water partition coefficient (Wildman–Crippen LogP) is 5.16. The first kappa shape index (κ1) is 16.0. The fraction of sp³-hybridized carbons (Fsp3) is 1.00. The zero-order valence-corrected chi connectivity index (χ0v) is 13.3. The highest BCUT2D eigenvalue weighted by molar-refractivity contribution is 14.1. The van der Waals surface area contributed by atoms with Crippen LogP contribution in [0.25, 0.3) is 0 Å². The molecule has 0 aliphatic rings. The van der Waals surface area contributed by atoms with E-state index in [4.69, 9.17) is 0 Å². The summed E-state index contributed by atoms with van der Waals surface area (Å²) in [5, 5.41) is 0. The molecule has 0 aliphatic heterocycles. The van der Waals surface area contributed by atoms with Crippen LogP contribution in [0.15, 0.2) is 0 Å². The molecule has 0 N–H and O–H groups in total. The van der Waals surface area contributed by atoms with E-state index in [1.165, 1.54) is 15.9 Å². The Balaban J connectivity index is 5.30. The molecule has 0 aromatic heterocycles. The van der Waals surface area contributed by atoms with E-state index in [9.17, 15) is 26.3 Å². The summed E-state index contributed by atoms with van der Waals surface area (Å²) in [6.45, 7) is 0. The molecule has 0 spiro atoms. The number of hydrogen-bond acceptors (Lipinski definition) is 0. The van der Waals surface area contributed by atoms with Gasteiger partial charge in [-0.1, -0.05) is 0 Å². The summed E-state index contributed by atoms with van der Waals surface area (Å²) in [4.78, 5) is -4.47. The molecule has 0 heterocycles. The molecule has 2 atom stereocenters. The molecule has 0 fully saturated rings. The Morgan fingerprint density at radius 2 is 1.07 bits per heavy atom. The second-order valence-corrected chi connectivity index (χ2v) is 7.07. The smallest absolute Gasteiger partial charge is 0.220 e. The van der Waals surface area contributed by atoms with Crippen molar-refractivity contribution >= 4 is 77.0 Å². The van der Waals surface area contributed by atoms with Gasteiger partial charge in [0.2, 0.25) is 0 Å². The van der Waals surface area contributed by atoms with Crippen molar-refractivity contribution in [2.45, 2.75) is 17.0 Å². The van der Waals surface area contributed by atoms with Crippen LogP contribution in [0.5, 0.6) is 0 Å². The monoisotopic (exact) mass is 574 g/mol. The molecule has 0 saturated heterocycles. The number of alkyl halides is 10. The van der Waals surface area contributed by atoms with E-state index in [1.54, 1.807) is 15.9 Å². The molecule has 10 heteroatoms. The Morgan fingerprint density at radius 1 is 0.786 bits per heavy atom. The highest BCUT2D eigenvalue weighted by atomic mass is 127. The molecule has 0 radical (unpaired) electrons. The second-order valence-electron chi connectivity index (χ2n) is 2.14. The summed E-state index contributed by atoms with van der Waals surface area (Å²) in [6, 6.07) is 0. The van der Waals surface area contributed by atoms with E-state index < -0.39 is 17.0 Å². The van der Waals surface area contributed by atoms with Crippen molar-refractivity contribution in [2.24, 2.45) is 0 Å². The normalized spacial score (nSPS) is 22.7. The maximum atomic E-state index is 13.2. The first-order chi connectivity index (χ1) is 5.75. The van der Waals surface area contributed by atoms with E-state index in [-0.39, 0.29) is 22.6 Å². The van der Waals surface area contributed by atoms with Crippen LogP contribution in [-0.2, 0) is 0 Å². The van der Waals surface area contributed by atoms with Gasteiger partial charge in [-0.3, -0.25) is 0 Å². The Morgan fingerprint density at radius 3 is 1.14 bits per heavy atom. The third-order valence-corrected chi connectivity index (χ3v) is 7.17. The molecule has 0 aliphatic carbocycles. The second kappa shape index (κ2) is 4.35. The lowest BCUT2D eigenvalue weighted by atomic mass is 10.2. The summed E-state index contributed by atoms with van der Waals surface area (Å²) in [5.41, 5.74) is 0. The van der Waals surface area contributed by atoms with Gasteiger partial charge in [0.25, 0.3) is 8.25 Å². The minimum atomic E-state index is -4.47. The van der Waals surface area contributed by atoms with Crippen molar-refractivity contribution in [3.8, 4) is 0 Å². The van der Waals surface area contributed by atoms with Crippen LogP contribution < -0.4 is 0 Å². The fourth-order valence-electron chi connectivity index (χ4n) is 0.356. The van der Waals surface area contributed by atoms with Crippen LogP contribution in [0.1, 0.15) is 0 Å². The zero-order chi connectivity index (χ0) is 12.0. The molecule has 14 heavy (non-hydrogen) atoms. The van der Waals surface area contributed by atoms with Crippen molar-refractivity contribution in [2.75, 3.05) is 0 Å². The molecule has 86 valence electrons. The average Bonchev–Trinajstić information content (AvgIpc) is 1.81. The van der Waals surface area contributed by atoms with Gasteiger partial charge in [-0.25, -0.2) is 8.78 Å². The van der Waals surface area contributed by atoms with Crippen LogP contribution in [0.3, 0.4) is 0 Å². The molecule has 2 unspecified atom stereocenters. The average molecular weight is 576 g/mol. The molecule has 0 aromatic carbocycles. The Labute approximate surface area is 119 Å². The van der Waals surface area contributed by atoms with Gasteiger partial charge in [-0.15, -0.1) is 0 Å². The maximum absolute atomic E-state index is 13.2. The van der Waals surface area contributed by atoms with Gasteiger partial charge in [0, 0.05) is 22.6 Å². The predicted molar refractivity (Wildman–Crippen MR) is 63.5 cm³/mol. The third-order valence-electron chi connectivity index (χ3n) is 1.11. The molecular weight excluding hydrogens is 576 g/mol. The largest absolute Gasteiger partial charge is 0.348 e. The van der Waals surface area contributed by atoms with Crippen LogP contribution in [0.4, 0.5) is 26.3 Å². The molecule has 0 nitrogen and oxygen atoms in total. The fourth-order valence-corrected chi connectivity index (χ4v) is 2.33. The Kier molecular flexibility index (Phi) is 4.97. The van der Waals surface area contributed by atoms with E-state index >= 15 is 0 Å². The van der Waals surface area contributed by atoms with Crippen LogP contribution in [-0.4, -0.2) is 17.0 Å². The summed E-state index contributed by atoms with van der Waals surface area (Å²) >= 11 is 3.66. The van der Waals surface area contributed by atoms with E-state index in [0.717, 1.165) is 0 Å². The van der Waals surface area contributed by atoms with Crippen LogP contribution in [0.2, 0.25) is 0 Å². The molecule has 0 bridgehead atoms. The minimum absolute atomic E-state index is 0.245. The van der Waals surface area contributed by atoms with Gasteiger partial charge in [-0.2, -0.15) is 17.6 Å². The van der Waals surface area contributed by atoms with Gasteiger partial charge < -0.3 is 0 Å². The first-order valence-electron chi connectivity index (χ1n) is 2.64. The van der Waals surface area contributed by atoms with Crippen molar-refractivity contribution in [3.63, 3.8) is 0 Å². The topological polar surface area (TPSA) is 0 Å². The first-order valence-corrected chi connectivity index (χ1v) is 6.38. The number of halogens is 10. The zero-order valence-electron chi connectivity index (χ0n) is 5.78. The summed E-state index contributed by atoms with van der Waals surface area (Å²) < 4.78 is 63.5. The molecular formula is C4Br2F6I2. The highest BCUT2D eigenvalue weighted by Crippen LogP contribution is 2.61. The lowest BCUT2D eigenvalue weighted by Crippen LogP contribution is -2.55. The number of hydrogen-bond donors (Lipinski definition) is 0. The van der Waals surface area contributed by atoms with Gasteiger partial charge in [-0.05, 0) is 54.5 Å². The van der Waals surface area contributed by atoms with E-state index in [1.807, 2.05) is 0 Å². The number of rotatable bonds is 3. The van der Waals surface area contributed by atoms with Gasteiger partial charge in [0.05, 0.1) is 0 Å². The molecule has 0 amide bonds. The third kappa shape index (κ3) is 2.81. The van der Waals surface area contributed by atoms with Crippen LogP contribution >= 0.6 is 77.0 Å². The quantitative estimate of drug-likeness (QED) is 0.248. The van der Waals surface area contributed by atoms with Crippen molar-refractivity contribution in [3.05, 3.63) is 0 Å². The summed E-state index contributed by atoms with van der Waals surface area (Å²) in [7, 11) is 0. The molecule has 0 aromatic rings. The maximum Gasteiger partial charge on any atom is 0.348 e. The van der Waals surface area contributed by atoms with E-state index in [0.29, 0.717) is 22.6 Å². The van der Waals surface area contributed by atoms with Crippen LogP contribution in [0, 0.1) is 0 Å². The van der Waals surface area contributed by atoms with Crippen molar-refractivity contribution < 1.29 is 26.3 Å². The van der Waals surface area contributed by atoms with Gasteiger partial charge in [0.1, 0.15) is 0 Å². The van der Waals surface area contributed by atoms with Gasteiger partial charge in [0.15, 0.2) is 0 Å². The Bertz CT molecular complexity index is 195. The van der Waals surface area contributed by atoms with Crippen molar-refractivity contribution in [1.29, 1.82) is 0 Å². The minimum Gasteiger partial charge on any atom is -0.220 e. The van der Waals surface area contributed by atoms with Gasteiger partial charge >= 0.3 is 8.76 Å². The van der Waals surface area contributed by atoms with Crippen molar-refractivity contribution in [1.82, 2.24) is 0 Å². The highest BCUT2D eigenvalue weighted by Gasteiger charge is 2.74.